The predicted molar refractivity (Wildman–Crippen MR) is 96.9 cm³/mol. The van der Waals surface area contributed by atoms with Crippen molar-refractivity contribution in [1.82, 2.24) is 5.32 Å². The van der Waals surface area contributed by atoms with Gasteiger partial charge in [-0.1, -0.05) is 30.3 Å². The highest BCUT2D eigenvalue weighted by Gasteiger charge is 2.17. The highest BCUT2D eigenvalue weighted by molar-refractivity contribution is 5.85. The van der Waals surface area contributed by atoms with Crippen molar-refractivity contribution in [1.29, 1.82) is 0 Å². The van der Waals surface area contributed by atoms with Gasteiger partial charge in [0.05, 0.1) is 11.5 Å². The molecule has 1 fully saturated rings. The van der Waals surface area contributed by atoms with Crippen LogP contribution < -0.4 is 10.1 Å². The van der Waals surface area contributed by atoms with Crippen LogP contribution in [0, 0.1) is 16.0 Å². The largest absolute Gasteiger partial charge is 0.493 e. The summed E-state index contributed by atoms with van der Waals surface area (Å²) < 4.78 is 6.02. The minimum Gasteiger partial charge on any atom is -0.493 e. The van der Waals surface area contributed by atoms with Gasteiger partial charge >= 0.3 is 0 Å². The van der Waals surface area contributed by atoms with Gasteiger partial charge in [0.2, 0.25) is 0 Å². The van der Waals surface area contributed by atoms with Gasteiger partial charge in [0.15, 0.2) is 0 Å². The van der Waals surface area contributed by atoms with Crippen molar-refractivity contribution in [2.75, 3.05) is 19.7 Å². The van der Waals surface area contributed by atoms with Gasteiger partial charge in [0.1, 0.15) is 5.75 Å². The first kappa shape index (κ1) is 18.2. The maximum atomic E-state index is 11.1. The Labute approximate surface area is 147 Å². The molecule has 2 aromatic carbocycles. The smallest absolute Gasteiger partial charge is 0.270 e. The summed E-state index contributed by atoms with van der Waals surface area (Å²) in [5.41, 5.74) is 1.78. The van der Waals surface area contributed by atoms with Crippen LogP contribution in [-0.4, -0.2) is 24.6 Å². The van der Waals surface area contributed by atoms with Gasteiger partial charge in [-0.25, -0.2) is 0 Å². The summed E-state index contributed by atoms with van der Waals surface area (Å²) in [6, 6.07) is 14.5. The van der Waals surface area contributed by atoms with E-state index in [1.54, 1.807) is 12.1 Å². The van der Waals surface area contributed by atoms with Gasteiger partial charge in [-0.15, -0.1) is 12.4 Å². The van der Waals surface area contributed by atoms with Crippen LogP contribution in [-0.2, 0) is 0 Å². The van der Waals surface area contributed by atoms with Crippen molar-refractivity contribution < 1.29 is 9.66 Å². The van der Waals surface area contributed by atoms with Gasteiger partial charge in [-0.3, -0.25) is 10.1 Å². The molecule has 0 radical (unpaired) electrons. The summed E-state index contributed by atoms with van der Waals surface area (Å²) in [5, 5.41) is 14.4. The molecule has 1 saturated heterocycles. The Hall–Kier alpha value is -2.11. The first-order valence-corrected chi connectivity index (χ1v) is 7.91. The molecular formula is C18H21ClN2O3. The zero-order chi connectivity index (χ0) is 16.1. The highest BCUT2D eigenvalue weighted by atomic mass is 35.5. The third kappa shape index (κ3) is 4.46. The van der Waals surface area contributed by atoms with Crippen molar-refractivity contribution in [3.8, 4) is 16.9 Å². The number of nitrogens with one attached hydrogen (secondary N) is 1. The summed E-state index contributed by atoms with van der Waals surface area (Å²) in [5.74, 6) is 1.25. The lowest BCUT2D eigenvalue weighted by atomic mass is 9.99. The monoisotopic (exact) mass is 348 g/mol. The van der Waals surface area contributed by atoms with Crippen molar-refractivity contribution >= 4 is 18.1 Å². The Morgan fingerprint density at radius 2 is 1.83 bits per heavy atom. The van der Waals surface area contributed by atoms with Crippen molar-refractivity contribution in [3.63, 3.8) is 0 Å². The Morgan fingerprint density at radius 1 is 1.12 bits per heavy atom. The zero-order valence-electron chi connectivity index (χ0n) is 13.3. The van der Waals surface area contributed by atoms with Crippen LogP contribution >= 0.6 is 12.4 Å². The normalized spacial score (nSPS) is 14.7. The minimum atomic E-state index is -0.372. The van der Waals surface area contributed by atoms with Crippen LogP contribution in [0.15, 0.2) is 48.5 Å². The molecule has 0 aliphatic carbocycles. The second-order valence-corrected chi connectivity index (χ2v) is 5.81. The number of non-ortho nitro benzene ring substituents is 1. The van der Waals surface area contributed by atoms with E-state index < -0.39 is 0 Å². The average Bonchev–Trinajstić information content (AvgIpc) is 2.61. The molecule has 128 valence electrons. The molecule has 0 aromatic heterocycles. The van der Waals surface area contributed by atoms with Crippen molar-refractivity contribution in [2.45, 2.75) is 12.8 Å². The highest BCUT2D eigenvalue weighted by Crippen LogP contribution is 2.34. The second kappa shape index (κ2) is 8.66. The molecule has 1 heterocycles. The van der Waals surface area contributed by atoms with E-state index in [4.69, 9.17) is 4.74 Å². The van der Waals surface area contributed by atoms with E-state index in [1.807, 2.05) is 30.3 Å². The topological polar surface area (TPSA) is 64.4 Å². The minimum absolute atomic E-state index is 0. The van der Waals surface area contributed by atoms with E-state index in [0.29, 0.717) is 18.3 Å². The number of piperidine rings is 1. The van der Waals surface area contributed by atoms with Crippen molar-refractivity contribution in [3.05, 3.63) is 58.6 Å². The Bertz CT molecular complexity index is 673. The lowest BCUT2D eigenvalue weighted by Crippen LogP contribution is -2.30. The molecule has 0 amide bonds. The first-order valence-electron chi connectivity index (χ1n) is 7.91. The van der Waals surface area contributed by atoms with Crippen LogP contribution in [0.25, 0.3) is 11.1 Å². The molecule has 5 nitrogen and oxygen atoms in total. The predicted octanol–water partition coefficient (Wildman–Crippen LogP) is 4.06. The van der Waals surface area contributed by atoms with Gasteiger partial charge in [0.25, 0.3) is 5.69 Å². The summed E-state index contributed by atoms with van der Waals surface area (Å²) in [7, 11) is 0. The van der Waals surface area contributed by atoms with Crippen LogP contribution in [0.3, 0.4) is 0 Å². The summed E-state index contributed by atoms with van der Waals surface area (Å²) in [6.07, 6.45) is 2.21. The van der Waals surface area contributed by atoms with Crippen LogP contribution in [0.1, 0.15) is 12.8 Å². The molecule has 3 rings (SSSR count). The van der Waals surface area contributed by atoms with E-state index in [-0.39, 0.29) is 23.0 Å². The Kier molecular flexibility index (Phi) is 6.58. The summed E-state index contributed by atoms with van der Waals surface area (Å²) in [4.78, 5) is 10.7. The van der Waals surface area contributed by atoms with Crippen LogP contribution in [0.2, 0.25) is 0 Å². The van der Waals surface area contributed by atoms with Crippen LogP contribution in [0.4, 0.5) is 5.69 Å². The van der Waals surface area contributed by atoms with Gasteiger partial charge in [-0.2, -0.15) is 0 Å². The number of nitro benzene ring substituents is 1. The summed E-state index contributed by atoms with van der Waals surface area (Å²) in [6.45, 7) is 2.71. The molecule has 24 heavy (non-hydrogen) atoms. The van der Waals surface area contributed by atoms with E-state index in [9.17, 15) is 10.1 Å². The zero-order valence-corrected chi connectivity index (χ0v) is 14.1. The number of halogens is 1. The number of benzene rings is 2. The second-order valence-electron chi connectivity index (χ2n) is 5.81. The number of nitro groups is 1. The molecule has 0 spiro atoms. The summed E-state index contributed by atoms with van der Waals surface area (Å²) >= 11 is 0. The van der Waals surface area contributed by atoms with Gasteiger partial charge in [-0.05, 0) is 43.5 Å². The number of hydrogen-bond donors (Lipinski definition) is 1. The molecule has 0 saturated carbocycles. The lowest BCUT2D eigenvalue weighted by Gasteiger charge is -2.23. The molecular weight excluding hydrogens is 328 g/mol. The third-order valence-electron chi connectivity index (χ3n) is 4.19. The van der Waals surface area contributed by atoms with Crippen LogP contribution in [0.5, 0.6) is 5.75 Å². The molecule has 6 heteroatoms. The van der Waals surface area contributed by atoms with E-state index >= 15 is 0 Å². The standard InChI is InChI=1S/C18H20N2O3.ClH/c21-20(22)16-6-7-18(23-13-14-8-10-19-11-9-14)17(12-16)15-4-2-1-3-5-15;/h1-7,12,14,19H,8-11,13H2;1H. The third-order valence-corrected chi connectivity index (χ3v) is 4.19. The lowest BCUT2D eigenvalue weighted by molar-refractivity contribution is -0.384. The maximum Gasteiger partial charge on any atom is 0.270 e. The Balaban J connectivity index is 0.00000208. The average molecular weight is 349 g/mol. The molecule has 0 unspecified atom stereocenters. The molecule has 1 aliphatic heterocycles. The van der Waals surface area contributed by atoms with E-state index in [1.165, 1.54) is 6.07 Å². The number of ether oxygens (including phenoxy) is 1. The fraction of sp³-hybridized carbons (Fsp3) is 0.333. The fourth-order valence-electron chi connectivity index (χ4n) is 2.86. The Morgan fingerprint density at radius 3 is 2.50 bits per heavy atom. The number of rotatable bonds is 5. The number of nitrogens with zero attached hydrogens (tertiary/aromatic N) is 1. The molecule has 1 N–H and O–H groups in total. The van der Waals surface area contributed by atoms with E-state index in [2.05, 4.69) is 5.32 Å². The maximum absolute atomic E-state index is 11.1. The first-order chi connectivity index (χ1) is 11.2. The quantitative estimate of drug-likeness (QED) is 0.653. The molecule has 2 aromatic rings. The fourth-order valence-corrected chi connectivity index (χ4v) is 2.86. The SMILES string of the molecule is Cl.O=[N+]([O-])c1ccc(OCC2CCNCC2)c(-c2ccccc2)c1. The molecule has 0 atom stereocenters. The van der Waals surface area contributed by atoms with Gasteiger partial charge < -0.3 is 10.1 Å². The molecule has 1 aliphatic rings. The van der Waals surface area contributed by atoms with E-state index in [0.717, 1.165) is 37.1 Å². The van der Waals surface area contributed by atoms with Gasteiger partial charge in [0, 0.05) is 17.7 Å². The molecule has 0 bridgehead atoms. The number of hydrogen-bond acceptors (Lipinski definition) is 4. The van der Waals surface area contributed by atoms with Crippen molar-refractivity contribution in [2.24, 2.45) is 5.92 Å².